The Balaban J connectivity index is 2.01. The van der Waals surface area contributed by atoms with E-state index in [2.05, 4.69) is 16.8 Å². The first-order valence-corrected chi connectivity index (χ1v) is 6.79. The molecule has 1 aliphatic heterocycles. The van der Waals surface area contributed by atoms with Crippen molar-refractivity contribution in [1.82, 2.24) is 4.90 Å². The second-order valence-corrected chi connectivity index (χ2v) is 5.51. The van der Waals surface area contributed by atoms with Crippen molar-refractivity contribution < 1.29 is 9.90 Å². The van der Waals surface area contributed by atoms with E-state index in [9.17, 15) is 4.79 Å². The van der Waals surface area contributed by atoms with E-state index in [0.29, 0.717) is 11.5 Å². The van der Waals surface area contributed by atoms with E-state index in [0.717, 1.165) is 18.8 Å². The van der Waals surface area contributed by atoms with Crippen LogP contribution in [0.1, 0.15) is 23.2 Å². The maximum atomic E-state index is 11.0. The number of aromatic carboxylic acids is 1. The molecule has 19 heavy (non-hydrogen) atoms. The minimum absolute atomic E-state index is 0.352. The summed E-state index contributed by atoms with van der Waals surface area (Å²) in [5.41, 5.74) is 1.33. The Hall–Kier alpha value is -1.55. The fourth-order valence-electron chi connectivity index (χ4n) is 2.79. The standard InChI is InChI=1S/C15H22N2O2/c1-16-8-4-5-12(10-16)11-17(2)14-7-3-6-13(9-14)15(18)19/h3,6-7,9,12H,4-5,8,10-11H2,1-2H3,(H,18,19). The SMILES string of the molecule is CN1CCCC(CN(C)c2cccc(C(=O)O)c2)C1. The topological polar surface area (TPSA) is 43.8 Å². The molecule has 1 N–H and O–H groups in total. The van der Waals surface area contributed by atoms with E-state index >= 15 is 0 Å². The number of benzene rings is 1. The van der Waals surface area contributed by atoms with Crippen molar-refractivity contribution in [1.29, 1.82) is 0 Å². The summed E-state index contributed by atoms with van der Waals surface area (Å²) in [6.45, 7) is 3.30. The van der Waals surface area contributed by atoms with E-state index in [1.807, 2.05) is 19.2 Å². The average molecular weight is 262 g/mol. The minimum atomic E-state index is -0.868. The minimum Gasteiger partial charge on any atom is -0.478 e. The van der Waals surface area contributed by atoms with E-state index in [-0.39, 0.29) is 0 Å². The fourth-order valence-corrected chi connectivity index (χ4v) is 2.79. The number of carboxylic acid groups (broad SMARTS) is 1. The molecule has 1 aliphatic rings. The first kappa shape index (κ1) is 13.9. The Morgan fingerprint density at radius 1 is 1.53 bits per heavy atom. The van der Waals surface area contributed by atoms with Crippen LogP contribution in [0.4, 0.5) is 5.69 Å². The molecule has 104 valence electrons. The Kier molecular flexibility index (Phi) is 4.43. The normalized spacial score (nSPS) is 20.2. The molecule has 4 heteroatoms. The molecule has 0 bridgehead atoms. The summed E-state index contributed by atoms with van der Waals surface area (Å²) in [5.74, 6) is -0.204. The van der Waals surface area contributed by atoms with Crippen LogP contribution in [0, 0.1) is 5.92 Å². The first-order valence-electron chi connectivity index (χ1n) is 6.79. The molecule has 0 radical (unpaired) electrons. The number of hydrogen-bond donors (Lipinski definition) is 1. The van der Waals surface area contributed by atoms with E-state index in [1.165, 1.54) is 19.4 Å². The molecule has 1 aromatic rings. The van der Waals surface area contributed by atoms with Gasteiger partial charge in [0.2, 0.25) is 0 Å². The second-order valence-electron chi connectivity index (χ2n) is 5.51. The summed E-state index contributed by atoms with van der Waals surface area (Å²) in [6.07, 6.45) is 2.51. The molecular weight excluding hydrogens is 240 g/mol. The Bertz CT molecular complexity index is 448. The van der Waals surface area contributed by atoms with Gasteiger partial charge in [0.15, 0.2) is 0 Å². The van der Waals surface area contributed by atoms with Gasteiger partial charge in [0, 0.05) is 25.8 Å². The van der Waals surface area contributed by atoms with Gasteiger partial charge in [-0.2, -0.15) is 0 Å². The molecule has 1 saturated heterocycles. The van der Waals surface area contributed by atoms with Gasteiger partial charge in [-0.1, -0.05) is 6.07 Å². The summed E-state index contributed by atoms with van der Waals surface area (Å²) in [7, 11) is 4.20. The van der Waals surface area contributed by atoms with Crippen LogP contribution in [0.15, 0.2) is 24.3 Å². The van der Waals surface area contributed by atoms with E-state index < -0.39 is 5.97 Å². The van der Waals surface area contributed by atoms with E-state index in [1.54, 1.807) is 12.1 Å². The lowest BCUT2D eigenvalue weighted by atomic mass is 9.98. The van der Waals surface area contributed by atoms with Crippen LogP contribution in [0.2, 0.25) is 0 Å². The van der Waals surface area contributed by atoms with Crippen molar-refractivity contribution in [2.45, 2.75) is 12.8 Å². The summed E-state index contributed by atoms with van der Waals surface area (Å²) in [6, 6.07) is 7.16. The van der Waals surface area contributed by atoms with Gasteiger partial charge in [0.1, 0.15) is 0 Å². The molecule has 0 saturated carbocycles. The van der Waals surface area contributed by atoms with Gasteiger partial charge in [0.05, 0.1) is 5.56 Å². The predicted octanol–water partition coefficient (Wildman–Crippen LogP) is 2.16. The van der Waals surface area contributed by atoms with Crippen LogP contribution in [-0.4, -0.2) is 49.7 Å². The van der Waals surface area contributed by atoms with Crippen LogP contribution >= 0.6 is 0 Å². The smallest absolute Gasteiger partial charge is 0.335 e. The van der Waals surface area contributed by atoms with Crippen molar-refractivity contribution in [2.75, 3.05) is 38.6 Å². The van der Waals surface area contributed by atoms with Gasteiger partial charge in [-0.05, 0) is 50.6 Å². The molecule has 1 fully saturated rings. The lowest BCUT2D eigenvalue weighted by Crippen LogP contribution is -2.38. The summed E-state index contributed by atoms with van der Waals surface area (Å²) in [4.78, 5) is 15.5. The molecule has 4 nitrogen and oxygen atoms in total. The molecule has 1 aromatic carbocycles. The molecule has 0 amide bonds. The highest BCUT2D eigenvalue weighted by atomic mass is 16.4. The third-order valence-electron chi connectivity index (χ3n) is 3.79. The monoisotopic (exact) mass is 262 g/mol. The van der Waals surface area contributed by atoms with Crippen molar-refractivity contribution in [3.05, 3.63) is 29.8 Å². The van der Waals surface area contributed by atoms with E-state index in [4.69, 9.17) is 5.11 Å². The van der Waals surface area contributed by atoms with Crippen LogP contribution in [0.5, 0.6) is 0 Å². The molecule has 0 spiro atoms. The number of carbonyl (C=O) groups is 1. The average Bonchev–Trinajstić information content (AvgIpc) is 2.39. The zero-order chi connectivity index (χ0) is 13.8. The molecule has 0 aliphatic carbocycles. The third kappa shape index (κ3) is 3.70. The van der Waals surface area contributed by atoms with Gasteiger partial charge in [0.25, 0.3) is 0 Å². The fraction of sp³-hybridized carbons (Fsp3) is 0.533. The van der Waals surface area contributed by atoms with Crippen molar-refractivity contribution in [3.8, 4) is 0 Å². The van der Waals surface area contributed by atoms with Crippen LogP contribution in [0.3, 0.4) is 0 Å². The summed E-state index contributed by atoms with van der Waals surface area (Å²) >= 11 is 0. The summed E-state index contributed by atoms with van der Waals surface area (Å²) in [5, 5.41) is 9.02. The molecule has 0 aromatic heterocycles. The number of anilines is 1. The largest absolute Gasteiger partial charge is 0.478 e. The molecule has 1 heterocycles. The molecule has 2 rings (SSSR count). The predicted molar refractivity (Wildman–Crippen MR) is 76.9 cm³/mol. The highest BCUT2D eigenvalue weighted by Gasteiger charge is 2.19. The zero-order valence-corrected chi connectivity index (χ0v) is 11.7. The zero-order valence-electron chi connectivity index (χ0n) is 11.7. The maximum Gasteiger partial charge on any atom is 0.335 e. The molecule has 1 atom stereocenters. The van der Waals surface area contributed by atoms with Gasteiger partial charge >= 0.3 is 5.97 Å². The third-order valence-corrected chi connectivity index (χ3v) is 3.79. The van der Waals surface area contributed by atoms with Crippen molar-refractivity contribution in [3.63, 3.8) is 0 Å². The number of nitrogens with zero attached hydrogens (tertiary/aromatic N) is 2. The summed E-state index contributed by atoms with van der Waals surface area (Å²) < 4.78 is 0. The lowest BCUT2D eigenvalue weighted by molar-refractivity contribution is 0.0697. The van der Waals surface area contributed by atoms with Crippen molar-refractivity contribution >= 4 is 11.7 Å². The Morgan fingerprint density at radius 2 is 2.32 bits per heavy atom. The first-order chi connectivity index (χ1) is 9.06. The number of carboxylic acids is 1. The molecule has 1 unspecified atom stereocenters. The number of piperidine rings is 1. The number of hydrogen-bond acceptors (Lipinski definition) is 3. The maximum absolute atomic E-state index is 11.0. The number of likely N-dealkylation sites (tertiary alicyclic amines) is 1. The van der Waals surface area contributed by atoms with Gasteiger partial charge in [-0.25, -0.2) is 4.79 Å². The molecular formula is C15H22N2O2. The van der Waals surface area contributed by atoms with Gasteiger partial charge in [-0.3, -0.25) is 0 Å². The Morgan fingerprint density at radius 3 is 3.00 bits per heavy atom. The van der Waals surface area contributed by atoms with Crippen LogP contribution in [0.25, 0.3) is 0 Å². The van der Waals surface area contributed by atoms with Gasteiger partial charge < -0.3 is 14.9 Å². The van der Waals surface area contributed by atoms with Crippen LogP contribution < -0.4 is 4.90 Å². The highest BCUT2D eigenvalue weighted by molar-refractivity contribution is 5.88. The Labute approximate surface area is 114 Å². The second kappa shape index (κ2) is 6.06. The van der Waals surface area contributed by atoms with Crippen molar-refractivity contribution in [2.24, 2.45) is 5.92 Å². The highest BCUT2D eigenvalue weighted by Crippen LogP contribution is 2.20. The number of rotatable bonds is 4. The quantitative estimate of drug-likeness (QED) is 0.903. The van der Waals surface area contributed by atoms with Crippen LogP contribution in [-0.2, 0) is 0 Å². The lowest BCUT2D eigenvalue weighted by Gasteiger charge is -2.33. The van der Waals surface area contributed by atoms with Gasteiger partial charge in [-0.15, -0.1) is 0 Å².